The largest absolute Gasteiger partial charge is 0.506 e. The van der Waals surface area contributed by atoms with Gasteiger partial charge in [0.25, 0.3) is 0 Å². The zero-order valence-electron chi connectivity index (χ0n) is 11.0. The highest BCUT2D eigenvalue weighted by molar-refractivity contribution is 9.11. The van der Waals surface area contributed by atoms with Crippen LogP contribution < -0.4 is 11.2 Å². The molecule has 2 rings (SSSR count). The highest BCUT2D eigenvalue weighted by Gasteiger charge is 2.19. The molecule has 0 atom stereocenters. The Balaban J connectivity index is 2.61. The number of nitrogens with one attached hydrogen (secondary N) is 2. The molecule has 0 fully saturated rings. The van der Waals surface area contributed by atoms with Gasteiger partial charge in [-0.1, -0.05) is 0 Å². The first kappa shape index (κ1) is 17.0. The van der Waals surface area contributed by atoms with Crippen LogP contribution in [0.4, 0.5) is 5.69 Å². The van der Waals surface area contributed by atoms with Crippen molar-refractivity contribution in [1.29, 1.82) is 0 Å². The van der Waals surface area contributed by atoms with Crippen molar-refractivity contribution < 1.29 is 15.1 Å². The molecule has 0 spiro atoms. The van der Waals surface area contributed by atoms with Crippen LogP contribution in [0.2, 0.25) is 0 Å². The van der Waals surface area contributed by atoms with E-state index >= 15 is 0 Å². The van der Waals surface area contributed by atoms with E-state index < -0.39 is 21.9 Å². The number of hydrogen-bond donors (Lipinski definition) is 4. The van der Waals surface area contributed by atoms with Crippen molar-refractivity contribution in [2.75, 3.05) is 0 Å². The average Bonchev–Trinajstić information content (AvgIpc) is 2.46. The second kappa shape index (κ2) is 6.38. The van der Waals surface area contributed by atoms with Crippen LogP contribution in [0.25, 0.3) is 12.2 Å². The number of aromatic amines is 2. The number of benzene rings is 1. The van der Waals surface area contributed by atoms with Crippen molar-refractivity contribution in [3.8, 4) is 11.5 Å². The molecule has 0 aliphatic heterocycles. The summed E-state index contributed by atoms with van der Waals surface area (Å²) in [5.74, 6) is -0.549. The highest BCUT2D eigenvalue weighted by atomic mass is 79.9. The number of aromatic hydroxyl groups is 2. The van der Waals surface area contributed by atoms with Crippen LogP contribution in [0.15, 0.2) is 24.6 Å². The molecule has 0 aliphatic carbocycles. The summed E-state index contributed by atoms with van der Waals surface area (Å²) in [5.41, 5.74) is -3.04. The molecule has 0 saturated heterocycles. The molecule has 0 saturated carbocycles. The molecule has 4 N–H and O–H groups in total. The molecule has 11 heteroatoms. The van der Waals surface area contributed by atoms with Gasteiger partial charge < -0.3 is 15.2 Å². The lowest BCUT2D eigenvalue weighted by Gasteiger charge is -2.06. The third-order valence-corrected chi connectivity index (χ3v) is 4.11. The standard InChI is InChI=1S/C12H7Br2N3O6/c13-5-3-4(9(18)7(14)10(5)19)1-2-6-8(17(22)23)11(20)16-12(21)15-6/h1-3,18-19H,(H2,15,16,20,21). The van der Waals surface area contributed by atoms with Gasteiger partial charge in [0, 0.05) is 5.56 Å². The Morgan fingerprint density at radius 3 is 2.39 bits per heavy atom. The predicted molar refractivity (Wildman–Crippen MR) is 88.4 cm³/mol. The zero-order valence-corrected chi connectivity index (χ0v) is 14.1. The Labute approximate surface area is 143 Å². The van der Waals surface area contributed by atoms with Crippen molar-refractivity contribution in [3.05, 3.63) is 57.2 Å². The van der Waals surface area contributed by atoms with Gasteiger partial charge in [-0.25, -0.2) is 4.79 Å². The van der Waals surface area contributed by atoms with E-state index in [1.807, 2.05) is 0 Å². The fourth-order valence-electron chi connectivity index (χ4n) is 1.72. The Morgan fingerprint density at radius 1 is 1.13 bits per heavy atom. The number of nitrogens with zero attached hydrogens (tertiary/aromatic N) is 1. The minimum absolute atomic E-state index is 0.0143. The molecule has 120 valence electrons. The number of halogens is 2. The molecular formula is C12H7Br2N3O6. The van der Waals surface area contributed by atoms with Gasteiger partial charge >= 0.3 is 16.9 Å². The molecule has 23 heavy (non-hydrogen) atoms. The minimum Gasteiger partial charge on any atom is -0.506 e. The van der Waals surface area contributed by atoms with Crippen LogP contribution in [0.5, 0.6) is 11.5 Å². The van der Waals surface area contributed by atoms with Gasteiger partial charge in [-0.3, -0.25) is 19.9 Å². The lowest BCUT2D eigenvalue weighted by Crippen LogP contribution is -2.25. The normalized spacial score (nSPS) is 11.0. The van der Waals surface area contributed by atoms with Gasteiger partial charge in [0.05, 0.1) is 9.40 Å². The van der Waals surface area contributed by atoms with Crippen LogP contribution >= 0.6 is 31.9 Å². The molecule has 9 nitrogen and oxygen atoms in total. The highest BCUT2D eigenvalue weighted by Crippen LogP contribution is 2.41. The second-order valence-corrected chi connectivity index (χ2v) is 5.87. The van der Waals surface area contributed by atoms with Crippen molar-refractivity contribution in [3.63, 3.8) is 0 Å². The second-order valence-electron chi connectivity index (χ2n) is 4.22. The third-order valence-electron chi connectivity index (χ3n) is 2.76. The first-order chi connectivity index (χ1) is 10.7. The molecule has 1 aromatic carbocycles. The molecule has 2 aromatic rings. The van der Waals surface area contributed by atoms with Gasteiger partial charge in [0.15, 0.2) is 0 Å². The van der Waals surface area contributed by atoms with E-state index in [0.717, 1.165) is 6.08 Å². The zero-order chi connectivity index (χ0) is 17.3. The topological polar surface area (TPSA) is 149 Å². The number of hydrogen-bond acceptors (Lipinski definition) is 6. The van der Waals surface area contributed by atoms with Crippen molar-refractivity contribution in [2.24, 2.45) is 0 Å². The van der Waals surface area contributed by atoms with E-state index in [1.165, 1.54) is 12.1 Å². The molecule has 0 radical (unpaired) electrons. The maximum atomic E-state index is 11.5. The van der Waals surface area contributed by atoms with Crippen molar-refractivity contribution in [2.45, 2.75) is 0 Å². The third kappa shape index (κ3) is 3.35. The molecule has 1 aromatic heterocycles. The van der Waals surface area contributed by atoms with Crippen LogP contribution in [-0.4, -0.2) is 25.1 Å². The van der Waals surface area contributed by atoms with Crippen molar-refractivity contribution >= 4 is 49.7 Å². The molecule has 1 heterocycles. The molecular weight excluding hydrogens is 442 g/mol. The van der Waals surface area contributed by atoms with Gasteiger partial charge in [-0.2, -0.15) is 0 Å². The van der Waals surface area contributed by atoms with E-state index in [4.69, 9.17) is 0 Å². The minimum atomic E-state index is -1.14. The van der Waals surface area contributed by atoms with Crippen LogP contribution in [0.1, 0.15) is 11.3 Å². The Kier molecular flexibility index (Phi) is 4.71. The number of aromatic nitrogens is 2. The van der Waals surface area contributed by atoms with Crippen LogP contribution in [0.3, 0.4) is 0 Å². The number of rotatable bonds is 3. The SMILES string of the molecule is O=c1[nH]c(C=Cc2cc(Br)c(O)c(Br)c2O)c([N+](=O)[O-])c(=O)[nH]1. The summed E-state index contributed by atoms with van der Waals surface area (Å²) < 4.78 is 0.274. The average molecular weight is 449 g/mol. The lowest BCUT2D eigenvalue weighted by atomic mass is 10.1. The van der Waals surface area contributed by atoms with Gasteiger partial charge in [0.1, 0.15) is 21.7 Å². The fraction of sp³-hybridized carbons (Fsp3) is 0. The van der Waals surface area contributed by atoms with Crippen LogP contribution in [-0.2, 0) is 0 Å². The number of nitro groups is 1. The maximum Gasteiger partial charge on any atom is 0.357 e. The van der Waals surface area contributed by atoms with Crippen molar-refractivity contribution in [1.82, 2.24) is 9.97 Å². The van der Waals surface area contributed by atoms with E-state index in [9.17, 15) is 29.9 Å². The summed E-state index contributed by atoms with van der Waals surface area (Å²) >= 11 is 6.06. The number of H-pyrrole nitrogens is 2. The predicted octanol–water partition coefficient (Wildman–Crippen LogP) is 2.08. The summed E-state index contributed by atoms with van der Waals surface area (Å²) in [5, 5.41) is 30.5. The molecule has 0 bridgehead atoms. The van der Waals surface area contributed by atoms with Gasteiger partial charge in [-0.15, -0.1) is 0 Å². The Bertz CT molecular complexity index is 947. The summed E-state index contributed by atoms with van der Waals surface area (Å²) in [6, 6.07) is 1.35. The summed E-state index contributed by atoms with van der Waals surface area (Å²) in [6.45, 7) is 0. The maximum absolute atomic E-state index is 11.5. The molecule has 0 unspecified atom stereocenters. The summed E-state index contributed by atoms with van der Waals surface area (Å²) in [6.07, 6.45) is 2.34. The number of phenols is 2. The summed E-state index contributed by atoms with van der Waals surface area (Å²) in [4.78, 5) is 36.6. The van der Waals surface area contributed by atoms with Gasteiger partial charge in [-0.05, 0) is 50.1 Å². The number of phenolic OH excluding ortho intramolecular Hbond substituents is 2. The van der Waals surface area contributed by atoms with Crippen LogP contribution in [0, 0.1) is 10.1 Å². The van der Waals surface area contributed by atoms with Gasteiger partial charge in [0.2, 0.25) is 0 Å². The smallest absolute Gasteiger partial charge is 0.357 e. The fourth-order valence-corrected chi connectivity index (χ4v) is 2.87. The monoisotopic (exact) mass is 447 g/mol. The first-order valence-electron chi connectivity index (χ1n) is 5.81. The first-order valence-corrected chi connectivity index (χ1v) is 7.40. The molecule has 0 amide bonds. The van der Waals surface area contributed by atoms with E-state index in [2.05, 4.69) is 36.8 Å². The quantitative estimate of drug-likeness (QED) is 0.417. The van der Waals surface area contributed by atoms with E-state index in [-0.39, 0.29) is 31.7 Å². The summed E-state index contributed by atoms with van der Waals surface area (Å²) in [7, 11) is 0. The van der Waals surface area contributed by atoms with E-state index in [1.54, 1.807) is 4.98 Å². The molecule has 0 aliphatic rings. The Morgan fingerprint density at radius 2 is 1.78 bits per heavy atom. The lowest BCUT2D eigenvalue weighted by molar-refractivity contribution is -0.386. The Hall–Kier alpha value is -2.40. The van der Waals surface area contributed by atoms with E-state index in [0.29, 0.717) is 0 Å².